The molecule has 27 heavy (non-hydrogen) atoms. The zero-order chi connectivity index (χ0) is 19.0. The number of amides is 2. The summed E-state index contributed by atoms with van der Waals surface area (Å²) >= 11 is 0. The van der Waals surface area contributed by atoms with Gasteiger partial charge >= 0.3 is 0 Å². The number of phenolic OH excluding ortho intramolecular Hbond substituents is 1. The van der Waals surface area contributed by atoms with Crippen LogP contribution in [-0.2, 0) is 4.79 Å². The summed E-state index contributed by atoms with van der Waals surface area (Å²) in [5.74, 6) is -0.602. The standard InChI is InChI=1S/C23H17NO3/c1-15-6-4-8-17(12-15)24-22(26)20-11-3-2-10-19(20)21(23(24)27)14-16-7-5-9-18(25)13-16/h2-14,25H,1H3/b21-14-. The highest BCUT2D eigenvalue weighted by Gasteiger charge is 2.35. The summed E-state index contributed by atoms with van der Waals surface area (Å²) in [5, 5.41) is 9.73. The smallest absolute Gasteiger partial charge is 0.265 e. The molecule has 0 aromatic heterocycles. The Labute approximate surface area is 157 Å². The predicted octanol–water partition coefficient (Wildman–Crippen LogP) is 4.43. The van der Waals surface area contributed by atoms with Crippen molar-refractivity contribution < 1.29 is 14.7 Å². The zero-order valence-corrected chi connectivity index (χ0v) is 14.7. The van der Waals surface area contributed by atoms with E-state index >= 15 is 0 Å². The van der Waals surface area contributed by atoms with Gasteiger partial charge in [0.05, 0.1) is 5.69 Å². The lowest BCUT2D eigenvalue weighted by molar-refractivity contribution is -0.112. The maximum Gasteiger partial charge on any atom is 0.265 e. The van der Waals surface area contributed by atoms with Crippen LogP contribution in [0.15, 0.2) is 72.8 Å². The van der Waals surface area contributed by atoms with Crippen LogP contribution in [0.2, 0.25) is 0 Å². The number of hydrogen-bond donors (Lipinski definition) is 1. The number of fused-ring (bicyclic) bond motifs is 1. The van der Waals surface area contributed by atoms with Gasteiger partial charge in [-0.05, 0) is 60.0 Å². The number of carbonyl (C=O) groups excluding carboxylic acids is 2. The Hall–Kier alpha value is -3.66. The number of aryl methyl sites for hydroxylation is 1. The van der Waals surface area contributed by atoms with Gasteiger partial charge < -0.3 is 5.11 Å². The Balaban J connectivity index is 1.91. The van der Waals surface area contributed by atoms with Crippen LogP contribution in [0.5, 0.6) is 5.75 Å². The molecule has 0 saturated carbocycles. The molecule has 1 N–H and O–H groups in total. The summed E-state index contributed by atoms with van der Waals surface area (Å²) in [6.45, 7) is 1.92. The Morgan fingerprint density at radius 3 is 2.30 bits per heavy atom. The van der Waals surface area contributed by atoms with Crippen LogP contribution < -0.4 is 4.90 Å². The van der Waals surface area contributed by atoms with E-state index in [0.29, 0.717) is 28.0 Å². The van der Waals surface area contributed by atoms with Crippen LogP contribution in [0.25, 0.3) is 11.6 Å². The molecule has 0 saturated heterocycles. The molecule has 0 radical (unpaired) electrons. The minimum absolute atomic E-state index is 0.118. The number of phenols is 1. The van der Waals surface area contributed by atoms with Crippen molar-refractivity contribution in [1.82, 2.24) is 0 Å². The summed E-state index contributed by atoms with van der Waals surface area (Å²) in [4.78, 5) is 27.5. The van der Waals surface area contributed by atoms with E-state index in [1.165, 1.54) is 4.90 Å². The normalized spacial score (nSPS) is 15.1. The van der Waals surface area contributed by atoms with Crippen molar-refractivity contribution in [3.8, 4) is 5.75 Å². The second kappa shape index (κ2) is 6.57. The molecule has 3 aromatic carbocycles. The van der Waals surface area contributed by atoms with E-state index in [0.717, 1.165) is 5.56 Å². The summed E-state index contributed by atoms with van der Waals surface area (Å²) < 4.78 is 0. The molecule has 0 atom stereocenters. The Morgan fingerprint density at radius 1 is 0.815 bits per heavy atom. The summed E-state index contributed by atoms with van der Waals surface area (Å²) in [6, 6.07) is 21.1. The van der Waals surface area contributed by atoms with Crippen LogP contribution in [0, 0.1) is 6.92 Å². The SMILES string of the molecule is Cc1cccc(N2C(=O)/C(=C\c3cccc(O)c3)c3ccccc3C2=O)c1. The quantitative estimate of drug-likeness (QED) is 0.546. The molecule has 1 aliphatic rings. The third-order valence-electron chi connectivity index (χ3n) is 4.53. The summed E-state index contributed by atoms with van der Waals surface area (Å²) in [6.07, 6.45) is 1.70. The fourth-order valence-electron chi connectivity index (χ4n) is 3.28. The van der Waals surface area contributed by atoms with Gasteiger partial charge in [0.2, 0.25) is 0 Å². The highest BCUT2D eigenvalue weighted by molar-refractivity contribution is 6.43. The average Bonchev–Trinajstić information content (AvgIpc) is 2.65. The van der Waals surface area contributed by atoms with Gasteiger partial charge in [-0.25, -0.2) is 4.90 Å². The third kappa shape index (κ3) is 3.02. The molecule has 3 aromatic rings. The Kier molecular flexibility index (Phi) is 4.09. The topological polar surface area (TPSA) is 57.6 Å². The molecule has 1 heterocycles. The molecular weight excluding hydrogens is 338 g/mol. The summed E-state index contributed by atoms with van der Waals surface area (Å²) in [7, 11) is 0. The van der Waals surface area contributed by atoms with Crippen LogP contribution in [0.4, 0.5) is 5.69 Å². The molecule has 4 nitrogen and oxygen atoms in total. The maximum atomic E-state index is 13.3. The molecule has 0 unspecified atom stereocenters. The number of rotatable bonds is 2. The van der Waals surface area contributed by atoms with E-state index in [9.17, 15) is 14.7 Å². The Bertz CT molecular complexity index is 1100. The Morgan fingerprint density at radius 2 is 1.56 bits per heavy atom. The molecule has 4 rings (SSSR count). The van der Waals surface area contributed by atoms with Crippen LogP contribution >= 0.6 is 0 Å². The largest absolute Gasteiger partial charge is 0.508 e. The van der Waals surface area contributed by atoms with E-state index in [4.69, 9.17) is 0 Å². The molecule has 132 valence electrons. The average molecular weight is 355 g/mol. The molecule has 1 aliphatic heterocycles. The number of benzene rings is 3. The zero-order valence-electron chi connectivity index (χ0n) is 14.7. The fraction of sp³-hybridized carbons (Fsp3) is 0.0435. The highest BCUT2D eigenvalue weighted by Crippen LogP contribution is 2.33. The van der Waals surface area contributed by atoms with Crippen molar-refractivity contribution in [2.24, 2.45) is 0 Å². The van der Waals surface area contributed by atoms with E-state index in [2.05, 4.69) is 0 Å². The van der Waals surface area contributed by atoms with Crippen molar-refractivity contribution in [3.63, 3.8) is 0 Å². The molecule has 0 spiro atoms. The second-order valence-corrected chi connectivity index (χ2v) is 6.48. The number of nitrogens with zero attached hydrogens (tertiary/aromatic N) is 1. The van der Waals surface area contributed by atoms with Gasteiger partial charge in [0.25, 0.3) is 11.8 Å². The van der Waals surface area contributed by atoms with Crippen LogP contribution in [0.1, 0.15) is 27.0 Å². The molecular formula is C23H17NO3. The molecule has 0 fully saturated rings. The number of hydrogen-bond acceptors (Lipinski definition) is 3. The predicted molar refractivity (Wildman–Crippen MR) is 105 cm³/mol. The fourth-order valence-corrected chi connectivity index (χ4v) is 3.28. The first-order chi connectivity index (χ1) is 13.0. The van der Waals surface area contributed by atoms with E-state index in [1.54, 1.807) is 60.7 Å². The lowest BCUT2D eigenvalue weighted by Crippen LogP contribution is -2.41. The number of imide groups is 1. The maximum absolute atomic E-state index is 13.3. The van der Waals surface area contributed by atoms with Crippen molar-refractivity contribution in [1.29, 1.82) is 0 Å². The van der Waals surface area contributed by atoms with Crippen molar-refractivity contribution in [3.05, 3.63) is 95.1 Å². The van der Waals surface area contributed by atoms with E-state index in [-0.39, 0.29) is 17.6 Å². The number of aromatic hydroxyl groups is 1. The first kappa shape index (κ1) is 16.8. The lowest BCUT2D eigenvalue weighted by Gasteiger charge is -2.29. The highest BCUT2D eigenvalue weighted by atomic mass is 16.3. The van der Waals surface area contributed by atoms with Gasteiger partial charge in [0.1, 0.15) is 5.75 Å². The minimum Gasteiger partial charge on any atom is -0.508 e. The summed E-state index contributed by atoms with van der Waals surface area (Å²) in [5.41, 5.74) is 3.68. The van der Waals surface area contributed by atoms with Gasteiger partial charge in [-0.2, -0.15) is 0 Å². The van der Waals surface area contributed by atoms with Crippen LogP contribution in [0.3, 0.4) is 0 Å². The molecule has 0 aliphatic carbocycles. The van der Waals surface area contributed by atoms with Gasteiger partial charge in [-0.15, -0.1) is 0 Å². The van der Waals surface area contributed by atoms with E-state index < -0.39 is 0 Å². The van der Waals surface area contributed by atoms with Gasteiger partial charge in [-0.3, -0.25) is 9.59 Å². The number of carbonyl (C=O) groups is 2. The lowest BCUT2D eigenvalue weighted by atomic mass is 9.91. The minimum atomic E-state index is -0.382. The van der Waals surface area contributed by atoms with E-state index in [1.807, 2.05) is 25.1 Å². The second-order valence-electron chi connectivity index (χ2n) is 6.48. The number of anilines is 1. The first-order valence-corrected chi connectivity index (χ1v) is 8.60. The van der Waals surface area contributed by atoms with Crippen LogP contribution in [-0.4, -0.2) is 16.9 Å². The van der Waals surface area contributed by atoms with Crippen molar-refractivity contribution in [2.45, 2.75) is 6.92 Å². The third-order valence-corrected chi connectivity index (χ3v) is 4.53. The first-order valence-electron chi connectivity index (χ1n) is 8.60. The van der Waals surface area contributed by atoms with Gasteiger partial charge in [-0.1, -0.05) is 42.5 Å². The van der Waals surface area contributed by atoms with Gasteiger partial charge in [0, 0.05) is 11.1 Å². The molecule has 2 amide bonds. The monoisotopic (exact) mass is 355 g/mol. The van der Waals surface area contributed by atoms with Crippen molar-refractivity contribution >= 4 is 29.2 Å². The molecule has 4 heteroatoms. The van der Waals surface area contributed by atoms with Gasteiger partial charge in [0.15, 0.2) is 0 Å². The van der Waals surface area contributed by atoms with Crippen molar-refractivity contribution in [2.75, 3.05) is 4.90 Å². The molecule has 0 bridgehead atoms.